The van der Waals surface area contributed by atoms with E-state index in [1.54, 1.807) is 7.05 Å². The molecule has 1 aliphatic carbocycles. The first-order valence-electron chi connectivity index (χ1n) is 6.62. The van der Waals surface area contributed by atoms with Crippen LogP contribution in [-0.4, -0.2) is 41.8 Å². The summed E-state index contributed by atoms with van der Waals surface area (Å²) >= 11 is 5.01. The summed E-state index contributed by atoms with van der Waals surface area (Å²) in [5.74, 6) is 0.104. The van der Waals surface area contributed by atoms with Gasteiger partial charge >= 0.3 is 0 Å². The van der Waals surface area contributed by atoms with Gasteiger partial charge in [0.2, 0.25) is 11.8 Å². The molecule has 1 rings (SSSR count). The number of nitrogens with one attached hydrogen (secondary N) is 1. The molecule has 0 aromatic carbocycles. The van der Waals surface area contributed by atoms with Gasteiger partial charge in [0.05, 0.1) is 16.9 Å². The van der Waals surface area contributed by atoms with Crippen molar-refractivity contribution >= 4 is 29.0 Å². The maximum Gasteiger partial charge on any atom is 0.239 e. The van der Waals surface area contributed by atoms with Crippen LogP contribution in [-0.2, 0) is 9.59 Å². The fraction of sp³-hybridized carbons (Fsp3) is 0.769. The highest BCUT2D eigenvalue weighted by Crippen LogP contribution is 2.42. The van der Waals surface area contributed by atoms with Crippen molar-refractivity contribution in [1.82, 2.24) is 10.2 Å². The molecule has 3 N–H and O–H groups in total. The zero-order valence-electron chi connectivity index (χ0n) is 11.9. The van der Waals surface area contributed by atoms with E-state index in [2.05, 4.69) is 5.32 Å². The SMILES string of the molecule is CC(C)CNC(=O)CN(C)C(=O)C1(C(N)=S)CCC1. The van der Waals surface area contributed by atoms with E-state index in [-0.39, 0.29) is 23.3 Å². The largest absolute Gasteiger partial charge is 0.392 e. The summed E-state index contributed by atoms with van der Waals surface area (Å²) in [5, 5.41) is 2.79. The number of carbonyl (C=O) groups excluding carboxylic acids is 2. The van der Waals surface area contributed by atoms with Gasteiger partial charge in [-0.05, 0) is 18.8 Å². The highest BCUT2D eigenvalue weighted by Gasteiger charge is 2.48. The summed E-state index contributed by atoms with van der Waals surface area (Å²) in [6.07, 6.45) is 2.34. The molecular formula is C13H23N3O2S. The lowest BCUT2D eigenvalue weighted by Gasteiger charge is -2.41. The number of likely N-dealkylation sites (N-methyl/N-ethyl adjacent to an activating group) is 1. The van der Waals surface area contributed by atoms with Crippen molar-refractivity contribution in [3.05, 3.63) is 0 Å². The van der Waals surface area contributed by atoms with Crippen LogP contribution in [0.15, 0.2) is 0 Å². The number of rotatable bonds is 6. The monoisotopic (exact) mass is 285 g/mol. The van der Waals surface area contributed by atoms with Crippen molar-refractivity contribution in [1.29, 1.82) is 0 Å². The minimum Gasteiger partial charge on any atom is -0.392 e. The Morgan fingerprint density at radius 2 is 2.00 bits per heavy atom. The molecular weight excluding hydrogens is 262 g/mol. The molecule has 1 saturated carbocycles. The number of carbonyl (C=O) groups is 2. The van der Waals surface area contributed by atoms with Crippen LogP contribution in [0.5, 0.6) is 0 Å². The van der Waals surface area contributed by atoms with Crippen molar-refractivity contribution in [2.24, 2.45) is 17.1 Å². The topological polar surface area (TPSA) is 75.4 Å². The number of hydrogen-bond acceptors (Lipinski definition) is 3. The van der Waals surface area contributed by atoms with Crippen LogP contribution in [0, 0.1) is 11.3 Å². The minimum atomic E-state index is -0.706. The second-order valence-electron chi connectivity index (χ2n) is 5.66. The van der Waals surface area contributed by atoms with Gasteiger partial charge in [0.1, 0.15) is 0 Å². The predicted molar refractivity (Wildman–Crippen MR) is 78.6 cm³/mol. The van der Waals surface area contributed by atoms with E-state index in [0.717, 1.165) is 6.42 Å². The van der Waals surface area contributed by atoms with Gasteiger partial charge in [-0.15, -0.1) is 0 Å². The third kappa shape index (κ3) is 3.65. The Kier molecular flexibility index (Phi) is 5.29. The summed E-state index contributed by atoms with van der Waals surface area (Å²) in [6, 6.07) is 0. The van der Waals surface area contributed by atoms with E-state index in [0.29, 0.717) is 25.3 Å². The average molecular weight is 285 g/mol. The Hall–Kier alpha value is -1.17. The molecule has 0 aliphatic heterocycles. The molecule has 1 fully saturated rings. The van der Waals surface area contributed by atoms with Gasteiger partial charge in [-0.3, -0.25) is 9.59 Å². The van der Waals surface area contributed by atoms with E-state index in [1.165, 1.54) is 4.90 Å². The van der Waals surface area contributed by atoms with E-state index in [9.17, 15) is 9.59 Å². The molecule has 0 radical (unpaired) electrons. The Morgan fingerprint density at radius 3 is 2.37 bits per heavy atom. The van der Waals surface area contributed by atoms with Gasteiger partial charge in [0, 0.05) is 13.6 Å². The first kappa shape index (κ1) is 15.9. The Balaban J connectivity index is 2.53. The van der Waals surface area contributed by atoms with Crippen LogP contribution in [0.4, 0.5) is 0 Å². The quantitative estimate of drug-likeness (QED) is 0.704. The maximum absolute atomic E-state index is 12.3. The van der Waals surface area contributed by atoms with E-state index >= 15 is 0 Å². The lowest BCUT2D eigenvalue weighted by molar-refractivity contribution is -0.143. The van der Waals surface area contributed by atoms with Crippen molar-refractivity contribution in [3.8, 4) is 0 Å². The van der Waals surface area contributed by atoms with E-state index in [4.69, 9.17) is 18.0 Å². The standard InChI is InChI=1S/C13H23N3O2S/c1-9(2)7-15-10(17)8-16(3)12(18)13(11(14)19)5-4-6-13/h9H,4-8H2,1-3H3,(H2,14,19)(H,15,17). The molecule has 0 unspecified atom stereocenters. The maximum atomic E-state index is 12.3. The van der Waals surface area contributed by atoms with Crippen molar-refractivity contribution < 1.29 is 9.59 Å². The number of hydrogen-bond donors (Lipinski definition) is 2. The molecule has 0 atom stereocenters. The first-order chi connectivity index (χ1) is 8.79. The third-order valence-electron chi connectivity index (χ3n) is 3.52. The van der Waals surface area contributed by atoms with Gasteiger partial charge in [-0.2, -0.15) is 0 Å². The molecule has 2 amide bonds. The molecule has 6 heteroatoms. The third-order valence-corrected chi connectivity index (χ3v) is 3.91. The summed E-state index contributed by atoms with van der Waals surface area (Å²) < 4.78 is 0. The average Bonchev–Trinajstić information content (AvgIpc) is 2.23. The zero-order chi connectivity index (χ0) is 14.6. The summed E-state index contributed by atoms with van der Waals surface area (Å²) in [6.45, 7) is 4.70. The molecule has 0 saturated heterocycles. The molecule has 0 spiro atoms. The zero-order valence-corrected chi connectivity index (χ0v) is 12.7. The van der Waals surface area contributed by atoms with Gasteiger partial charge in [-0.25, -0.2) is 0 Å². The molecule has 0 aromatic rings. The second kappa shape index (κ2) is 6.32. The molecule has 19 heavy (non-hydrogen) atoms. The number of thiocarbonyl (C=S) groups is 1. The van der Waals surface area contributed by atoms with Gasteiger partial charge in [0.15, 0.2) is 0 Å². The van der Waals surface area contributed by atoms with Gasteiger partial charge < -0.3 is 16.0 Å². The van der Waals surface area contributed by atoms with Crippen molar-refractivity contribution in [2.45, 2.75) is 33.1 Å². The first-order valence-corrected chi connectivity index (χ1v) is 7.02. The van der Waals surface area contributed by atoms with Crippen LogP contribution < -0.4 is 11.1 Å². The fourth-order valence-electron chi connectivity index (χ4n) is 2.12. The van der Waals surface area contributed by atoms with Crippen LogP contribution in [0.3, 0.4) is 0 Å². The van der Waals surface area contributed by atoms with Crippen molar-refractivity contribution in [3.63, 3.8) is 0 Å². The minimum absolute atomic E-state index is 0.0515. The molecule has 0 bridgehead atoms. The lowest BCUT2D eigenvalue weighted by Crippen LogP contribution is -2.55. The number of amides is 2. The number of nitrogens with two attached hydrogens (primary N) is 1. The number of nitrogens with zero attached hydrogens (tertiary/aromatic N) is 1. The molecule has 0 heterocycles. The van der Waals surface area contributed by atoms with Crippen molar-refractivity contribution in [2.75, 3.05) is 20.1 Å². The summed E-state index contributed by atoms with van der Waals surface area (Å²) in [7, 11) is 1.62. The van der Waals surface area contributed by atoms with Crippen LogP contribution in [0.1, 0.15) is 33.1 Å². The molecule has 0 aromatic heterocycles. The second-order valence-corrected chi connectivity index (χ2v) is 6.10. The predicted octanol–water partition coefficient (Wildman–Crippen LogP) is 0.673. The highest BCUT2D eigenvalue weighted by atomic mass is 32.1. The Bertz CT molecular complexity index is 378. The smallest absolute Gasteiger partial charge is 0.239 e. The van der Waals surface area contributed by atoms with Gasteiger partial charge in [-0.1, -0.05) is 32.5 Å². The summed E-state index contributed by atoms with van der Waals surface area (Å²) in [4.78, 5) is 25.7. The Morgan fingerprint density at radius 1 is 1.42 bits per heavy atom. The van der Waals surface area contributed by atoms with Crippen LogP contribution in [0.2, 0.25) is 0 Å². The van der Waals surface area contributed by atoms with Crippen LogP contribution in [0.25, 0.3) is 0 Å². The summed E-state index contributed by atoms with van der Waals surface area (Å²) in [5.41, 5.74) is 4.98. The van der Waals surface area contributed by atoms with E-state index in [1.807, 2.05) is 13.8 Å². The van der Waals surface area contributed by atoms with E-state index < -0.39 is 5.41 Å². The fourth-order valence-corrected chi connectivity index (χ4v) is 2.41. The molecule has 5 nitrogen and oxygen atoms in total. The molecule has 1 aliphatic rings. The molecule has 108 valence electrons. The lowest BCUT2D eigenvalue weighted by atomic mass is 9.67. The Labute approximate surface area is 119 Å². The highest BCUT2D eigenvalue weighted by molar-refractivity contribution is 7.80. The van der Waals surface area contributed by atoms with Gasteiger partial charge in [0.25, 0.3) is 0 Å². The normalized spacial score (nSPS) is 16.6. The van der Waals surface area contributed by atoms with Crippen LogP contribution >= 0.6 is 12.2 Å².